The van der Waals surface area contributed by atoms with Crippen LogP contribution in [0.2, 0.25) is 19.6 Å². The van der Waals surface area contributed by atoms with Crippen LogP contribution in [0.1, 0.15) is 18.4 Å². The molecule has 1 fully saturated rings. The first kappa shape index (κ1) is 11.9. The molecule has 1 aromatic rings. The van der Waals surface area contributed by atoms with Crippen LogP contribution in [-0.4, -0.2) is 26.1 Å². The lowest BCUT2D eigenvalue weighted by Crippen LogP contribution is -2.37. The number of nitrogens with zero attached hydrogens (tertiary/aromatic N) is 1. The third-order valence-corrected chi connectivity index (χ3v) is 5.49. The summed E-state index contributed by atoms with van der Waals surface area (Å²) in [5.74, 6) is 0. The van der Waals surface area contributed by atoms with Crippen molar-refractivity contribution in [2.75, 3.05) is 7.05 Å². The standard InChI is InChI=1S/C14H23NSi/c1-15(13-7-8-13)11-12-5-9-14(10-6-12)16(2,3)4/h5-6,9-10,13H,7-8,11H2,1-4H3. The van der Waals surface area contributed by atoms with Gasteiger partial charge in [0, 0.05) is 12.6 Å². The van der Waals surface area contributed by atoms with E-state index in [9.17, 15) is 0 Å². The minimum Gasteiger partial charge on any atom is -0.299 e. The number of rotatable bonds is 4. The zero-order chi connectivity index (χ0) is 11.8. The first-order chi connectivity index (χ1) is 7.47. The second-order valence-corrected chi connectivity index (χ2v) is 11.2. The summed E-state index contributed by atoms with van der Waals surface area (Å²) in [5.41, 5.74) is 1.46. The quantitative estimate of drug-likeness (QED) is 0.723. The van der Waals surface area contributed by atoms with E-state index in [2.05, 4.69) is 55.9 Å². The summed E-state index contributed by atoms with van der Waals surface area (Å²) in [7, 11) is 1.12. The molecule has 1 aliphatic rings. The molecule has 2 rings (SSSR count). The highest BCUT2D eigenvalue weighted by Crippen LogP contribution is 2.26. The van der Waals surface area contributed by atoms with Gasteiger partial charge < -0.3 is 0 Å². The third-order valence-electron chi connectivity index (χ3n) is 3.42. The predicted octanol–water partition coefficient (Wildman–Crippen LogP) is 2.83. The van der Waals surface area contributed by atoms with Crippen molar-refractivity contribution in [3.63, 3.8) is 0 Å². The summed E-state index contributed by atoms with van der Waals surface area (Å²) in [4.78, 5) is 2.48. The van der Waals surface area contributed by atoms with Gasteiger partial charge in [0.1, 0.15) is 0 Å². The summed E-state index contributed by atoms with van der Waals surface area (Å²) in [5, 5.41) is 1.56. The Kier molecular flexibility index (Phi) is 3.22. The Morgan fingerprint density at radius 2 is 1.69 bits per heavy atom. The second-order valence-electron chi connectivity index (χ2n) is 6.09. The van der Waals surface area contributed by atoms with Gasteiger partial charge in [-0.1, -0.05) is 49.1 Å². The van der Waals surface area contributed by atoms with Gasteiger partial charge in [-0.3, -0.25) is 4.90 Å². The molecule has 2 heteroatoms. The zero-order valence-corrected chi connectivity index (χ0v) is 12.0. The van der Waals surface area contributed by atoms with Gasteiger partial charge in [-0.15, -0.1) is 0 Å². The maximum atomic E-state index is 2.48. The molecule has 1 aliphatic carbocycles. The van der Waals surface area contributed by atoms with Gasteiger partial charge in [0.25, 0.3) is 0 Å². The van der Waals surface area contributed by atoms with Crippen molar-refractivity contribution in [1.29, 1.82) is 0 Å². The van der Waals surface area contributed by atoms with Crippen LogP contribution in [0.25, 0.3) is 0 Å². The van der Waals surface area contributed by atoms with Crippen molar-refractivity contribution in [2.24, 2.45) is 0 Å². The normalized spacial score (nSPS) is 16.8. The van der Waals surface area contributed by atoms with Crippen molar-refractivity contribution >= 4 is 13.3 Å². The number of hydrogen-bond donors (Lipinski definition) is 0. The number of hydrogen-bond acceptors (Lipinski definition) is 1. The monoisotopic (exact) mass is 233 g/mol. The van der Waals surface area contributed by atoms with Crippen molar-refractivity contribution in [3.05, 3.63) is 29.8 Å². The Morgan fingerprint density at radius 3 is 2.12 bits per heavy atom. The van der Waals surface area contributed by atoms with E-state index >= 15 is 0 Å². The molecule has 0 atom stereocenters. The van der Waals surface area contributed by atoms with Crippen LogP contribution in [0.4, 0.5) is 0 Å². The molecule has 0 aliphatic heterocycles. The van der Waals surface area contributed by atoms with Crippen LogP contribution < -0.4 is 5.19 Å². The molecule has 1 aromatic carbocycles. The van der Waals surface area contributed by atoms with Gasteiger partial charge in [-0.05, 0) is 25.5 Å². The third kappa shape index (κ3) is 2.95. The highest BCUT2D eigenvalue weighted by atomic mass is 28.3. The summed E-state index contributed by atoms with van der Waals surface area (Å²) in [6.45, 7) is 8.31. The summed E-state index contributed by atoms with van der Waals surface area (Å²) in [6.07, 6.45) is 2.78. The molecule has 0 spiro atoms. The predicted molar refractivity (Wildman–Crippen MR) is 73.9 cm³/mol. The fraction of sp³-hybridized carbons (Fsp3) is 0.571. The van der Waals surface area contributed by atoms with Crippen LogP contribution >= 0.6 is 0 Å². The highest BCUT2D eigenvalue weighted by molar-refractivity contribution is 6.88. The van der Waals surface area contributed by atoms with Crippen LogP contribution in [0, 0.1) is 0 Å². The highest BCUT2D eigenvalue weighted by Gasteiger charge is 2.25. The lowest BCUT2D eigenvalue weighted by Gasteiger charge is -2.19. The topological polar surface area (TPSA) is 3.24 Å². The minimum atomic E-state index is -1.12. The Labute approximate surface area is 100 Å². The molecular weight excluding hydrogens is 210 g/mol. The van der Waals surface area contributed by atoms with Crippen LogP contribution in [-0.2, 0) is 6.54 Å². The van der Waals surface area contributed by atoms with Crippen molar-refractivity contribution in [3.8, 4) is 0 Å². The Morgan fingerprint density at radius 1 is 1.12 bits per heavy atom. The fourth-order valence-electron chi connectivity index (χ4n) is 2.04. The SMILES string of the molecule is CN(Cc1ccc([Si](C)(C)C)cc1)C1CC1. The van der Waals surface area contributed by atoms with E-state index < -0.39 is 8.07 Å². The lowest BCUT2D eigenvalue weighted by molar-refractivity contribution is 0.316. The van der Waals surface area contributed by atoms with E-state index in [0.29, 0.717) is 0 Å². The smallest absolute Gasteiger partial charge is 0.0775 e. The Hall–Kier alpha value is -0.603. The van der Waals surface area contributed by atoms with E-state index in [0.717, 1.165) is 12.6 Å². The molecule has 0 saturated heterocycles. The lowest BCUT2D eigenvalue weighted by atomic mass is 10.2. The molecule has 1 saturated carbocycles. The van der Waals surface area contributed by atoms with Gasteiger partial charge >= 0.3 is 0 Å². The summed E-state index contributed by atoms with van der Waals surface area (Å²) < 4.78 is 0. The van der Waals surface area contributed by atoms with Gasteiger partial charge in [0.2, 0.25) is 0 Å². The van der Waals surface area contributed by atoms with Gasteiger partial charge in [0.15, 0.2) is 0 Å². The van der Waals surface area contributed by atoms with Crippen molar-refractivity contribution in [2.45, 2.75) is 45.1 Å². The summed E-state index contributed by atoms with van der Waals surface area (Å²) >= 11 is 0. The number of benzene rings is 1. The molecule has 88 valence electrons. The Balaban J connectivity index is 2.01. The largest absolute Gasteiger partial charge is 0.299 e. The second kappa shape index (κ2) is 4.34. The Bertz CT molecular complexity index is 346. The van der Waals surface area contributed by atoms with E-state index in [1.807, 2.05) is 0 Å². The average Bonchev–Trinajstić information content (AvgIpc) is 3.00. The molecule has 1 nitrogen and oxygen atoms in total. The van der Waals surface area contributed by atoms with Gasteiger partial charge in [0.05, 0.1) is 8.07 Å². The molecule has 0 heterocycles. The molecule has 0 unspecified atom stereocenters. The molecule has 0 N–H and O–H groups in total. The van der Waals surface area contributed by atoms with Crippen molar-refractivity contribution < 1.29 is 0 Å². The van der Waals surface area contributed by atoms with Crippen LogP contribution in [0.5, 0.6) is 0 Å². The minimum absolute atomic E-state index is 0.858. The molecule has 0 aromatic heterocycles. The summed E-state index contributed by atoms with van der Waals surface area (Å²) in [6, 6.07) is 10.2. The van der Waals surface area contributed by atoms with E-state index in [1.54, 1.807) is 5.19 Å². The zero-order valence-electron chi connectivity index (χ0n) is 11.0. The molecule has 0 bridgehead atoms. The van der Waals surface area contributed by atoms with E-state index in [4.69, 9.17) is 0 Å². The van der Waals surface area contributed by atoms with E-state index in [1.165, 1.54) is 18.4 Å². The average molecular weight is 233 g/mol. The van der Waals surface area contributed by atoms with E-state index in [-0.39, 0.29) is 0 Å². The first-order valence-corrected chi connectivity index (χ1v) is 9.76. The maximum absolute atomic E-state index is 2.48. The molecular formula is C14H23NSi. The van der Waals surface area contributed by atoms with Gasteiger partial charge in [-0.2, -0.15) is 0 Å². The van der Waals surface area contributed by atoms with Crippen LogP contribution in [0.3, 0.4) is 0 Å². The maximum Gasteiger partial charge on any atom is 0.0775 e. The van der Waals surface area contributed by atoms with Crippen molar-refractivity contribution in [1.82, 2.24) is 4.90 Å². The van der Waals surface area contributed by atoms with Gasteiger partial charge in [-0.25, -0.2) is 0 Å². The molecule has 0 radical (unpaired) electrons. The fourth-order valence-corrected chi connectivity index (χ4v) is 3.21. The van der Waals surface area contributed by atoms with Crippen LogP contribution in [0.15, 0.2) is 24.3 Å². The molecule has 16 heavy (non-hydrogen) atoms. The first-order valence-electron chi connectivity index (χ1n) is 6.26. The molecule has 0 amide bonds.